The normalized spacial score (nSPS) is 13.1. The molecule has 1 aromatic carbocycles. The largest absolute Gasteiger partial charge is 0.482 e. The molecule has 8 heteroatoms. The molecule has 0 saturated carbocycles. The number of nitrogens with zero attached hydrogens (tertiary/aromatic N) is 4. The molecule has 3 heterocycles. The van der Waals surface area contributed by atoms with Crippen LogP contribution < -0.4 is 15.0 Å². The van der Waals surface area contributed by atoms with E-state index in [2.05, 4.69) is 15.4 Å². The average Bonchev–Trinajstić information content (AvgIpc) is 3.19. The van der Waals surface area contributed by atoms with Crippen LogP contribution in [0.4, 0.5) is 11.4 Å². The molecule has 2 amide bonds. The van der Waals surface area contributed by atoms with Crippen molar-refractivity contribution in [2.24, 2.45) is 0 Å². The van der Waals surface area contributed by atoms with Crippen LogP contribution in [0, 0.1) is 0 Å². The van der Waals surface area contributed by atoms with Crippen molar-refractivity contribution in [1.82, 2.24) is 14.8 Å². The lowest BCUT2D eigenvalue weighted by Crippen LogP contribution is -2.43. The molecule has 0 bridgehead atoms. The topological polar surface area (TPSA) is 89.4 Å². The Morgan fingerprint density at radius 2 is 2.04 bits per heavy atom. The van der Waals surface area contributed by atoms with Crippen LogP contribution in [0.15, 0.2) is 61.1 Å². The Labute approximate surface area is 149 Å². The third-order valence-electron chi connectivity index (χ3n) is 3.89. The van der Waals surface area contributed by atoms with Gasteiger partial charge in [-0.1, -0.05) is 12.1 Å². The van der Waals surface area contributed by atoms with E-state index in [-0.39, 0.29) is 25.0 Å². The second-order valence-electron chi connectivity index (χ2n) is 5.61. The van der Waals surface area contributed by atoms with E-state index in [1.165, 1.54) is 4.90 Å². The number of anilines is 2. The fraction of sp³-hybridized carbons (Fsp3) is 0.111. The zero-order valence-electron chi connectivity index (χ0n) is 13.7. The Kier molecular flexibility index (Phi) is 4.06. The van der Waals surface area contributed by atoms with Crippen molar-refractivity contribution in [3.05, 3.63) is 61.1 Å². The van der Waals surface area contributed by atoms with Gasteiger partial charge in [0.2, 0.25) is 5.91 Å². The van der Waals surface area contributed by atoms with Gasteiger partial charge in [-0.15, -0.1) is 0 Å². The summed E-state index contributed by atoms with van der Waals surface area (Å²) in [6.07, 6.45) is 4.98. The molecule has 2 aromatic heterocycles. The minimum absolute atomic E-state index is 0.0876. The van der Waals surface area contributed by atoms with Crippen LogP contribution in [0.2, 0.25) is 0 Å². The van der Waals surface area contributed by atoms with Crippen LogP contribution in [-0.2, 0) is 9.59 Å². The van der Waals surface area contributed by atoms with Crippen molar-refractivity contribution in [1.29, 1.82) is 0 Å². The maximum atomic E-state index is 12.6. The number of pyridine rings is 1. The van der Waals surface area contributed by atoms with Gasteiger partial charge in [0.1, 0.15) is 12.3 Å². The molecule has 1 N–H and O–H groups in total. The number of aromatic nitrogens is 3. The van der Waals surface area contributed by atoms with Crippen LogP contribution in [-0.4, -0.2) is 39.7 Å². The number of ether oxygens (including phenoxy) is 1. The number of hydrogen-bond donors (Lipinski definition) is 1. The van der Waals surface area contributed by atoms with E-state index in [9.17, 15) is 9.59 Å². The van der Waals surface area contributed by atoms with Gasteiger partial charge in [0.25, 0.3) is 5.91 Å². The quantitative estimate of drug-likeness (QED) is 0.773. The van der Waals surface area contributed by atoms with E-state index < -0.39 is 0 Å². The first-order valence-corrected chi connectivity index (χ1v) is 7.99. The second-order valence-corrected chi connectivity index (χ2v) is 5.61. The summed E-state index contributed by atoms with van der Waals surface area (Å²) in [5, 5.41) is 6.93. The molecule has 1 aliphatic heterocycles. The summed E-state index contributed by atoms with van der Waals surface area (Å²) in [6.45, 7) is -0.206. The Bertz CT molecular complexity index is 955. The number of carbonyl (C=O) groups is 2. The van der Waals surface area contributed by atoms with Gasteiger partial charge in [-0.05, 0) is 30.3 Å². The third-order valence-corrected chi connectivity index (χ3v) is 3.89. The van der Waals surface area contributed by atoms with Gasteiger partial charge in [0.05, 0.1) is 11.4 Å². The summed E-state index contributed by atoms with van der Waals surface area (Å²) < 4.78 is 6.95. The number of rotatable bonds is 4. The zero-order valence-corrected chi connectivity index (χ0v) is 13.7. The average molecular weight is 349 g/mol. The predicted molar refractivity (Wildman–Crippen MR) is 94.3 cm³/mol. The zero-order chi connectivity index (χ0) is 17.9. The summed E-state index contributed by atoms with van der Waals surface area (Å²) in [7, 11) is 0. The monoisotopic (exact) mass is 349 g/mol. The molecule has 0 unspecified atom stereocenters. The third kappa shape index (κ3) is 3.00. The van der Waals surface area contributed by atoms with Crippen LogP contribution in [0.3, 0.4) is 0 Å². The number of para-hydroxylation sites is 2. The molecule has 4 rings (SSSR count). The van der Waals surface area contributed by atoms with Gasteiger partial charge >= 0.3 is 0 Å². The SMILES string of the molecule is O=C(CN1C(=O)COc2ccccc21)Nc1cccnc1-n1cccn1. The van der Waals surface area contributed by atoms with Gasteiger partial charge in [-0.3, -0.25) is 14.5 Å². The molecule has 0 fully saturated rings. The minimum Gasteiger partial charge on any atom is -0.482 e. The van der Waals surface area contributed by atoms with Gasteiger partial charge in [-0.2, -0.15) is 5.10 Å². The Balaban J connectivity index is 1.55. The first-order chi connectivity index (χ1) is 12.7. The fourth-order valence-corrected chi connectivity index (χ4v) is 2.73. The van der Waals surface area contributed by atoms with E-state index in [1.807, 2.05) is 6.07 Å². The number of nitrogens with one attached hydrogen (secondary N) is 1. The van der Waals surface area contributed by atoms with Crippen molar-refractivity contribution in [3.8, 4) is 11.6 Å². The van der Waals surface area contributed by atoms with Gasteiger partial charge < -0.3 is 10.1 Å². The van der Waals surface area contributed by atoms with Crippen molar-refractivity contribution in [3.63, 3.8) is 0 Å². The highest BCUT2D eigenvalue weighted by molar-refractivity contribution is 6.05. The van der Waals surface area contributed by atoms with E-state index in [1.54, 1.807) is 59.7 Å². The van der Waals surface area contributed by atoms with Crippen LogP contribution >= 0.6 is 0 Å². The molecule has 3 aromatic rings. The smallest absolute Gasteiger partial charge is 0.265 e. The summed E-state index contributed by atoms with van der Waals surface area (Å²) in [4.78, 5) is 30.4. The Hall–Kier alpha value is -3.68. The minimum atomic E-state index is -0.337. The second kappa shape index (κ2) is 6.67. The molecule has 0 atom stereocenters. The fourth-order valence-electron chi connectivity index (χ4n) is 2.73. The number of amides is 2. The molecular weight excluding hydrogens is 334 g/mol. The first kappa shape index (κ1) is 15.8. The van der Waals surface area contributed by atoms with Crippen LogP contribution in [0.25, 0.3) is 5.82 Å². The van der Waals surface area contributed by atoms with Crippen LogP contribution in [0.5, 0.6) is 5.75 Å². The van der Waals surface area contributed by atoms with E-state index in [4.69, 9.17) is 4.74 Å². The summed E-state index contributed by atoms with van der Waals surface area (Å²) in [5.41, 5.74) is 1.09. The number of benzene rings is 1. The van der Waals surface area contributed by atoms with E-state index in [0.717, 1.165) is 0 Å². The molecule has 0 aliphatic carbocycles. The van der Waals surface area contributed by atoms with Crippen LogP contribution in [0.1, 0.15) is 0 Å². The number of fused-ring (bicyclic) bond motifs is 1. The predicted octanol–water partition coefficient (Wildman–Crippen LogP) is 1.63. The molecule has 0 spiro atoms. The van der Waals surface area contributed by atoms with Gasteiger partial charge in [0.15, 0.2) is 12.4 Å². The van der Waals surface area contributed by atoms with Gasteiger partial charge in [0, 0.05) is 18.6 Å². The standard InChI is InChI=1S/C18H15N5O3/c24-16(11-22-14-6-1-2-7-15(14)26-12-17(22)25)21-13-5-3-8-19-18(13)23-10-4-9-20-23/h1-10H,11-12H2,(H,21,24). The summed E-state index contributed by atoms with van der Waals surface area (Å²) >= 11 is 0. The molecule has 0 saturated heterocycles. The summed E-state index contributed by atoms with van der Waals surface area (Å²) in [6, 6.07) is 12.3. The highest BCUT2D eigenvalue weighted by Crippen LogP contribution is 2.31. The lowest BCUT2D eigenvalue weighted by Gasteiger charge is -2.28. The van der Waals surface area contributed by atoms with Crippen molar-refractivity contribution < 1.29 is 14.3 Å². The van der Waals surface area contributed by atoms with E-state index >= 15 is 0 Å². The van der Waals surface area contributed by atoms with Crippen molar-refractivity contribution in [2.75, 3.05) is 23.4 Å². The van der Waals surface area contributed by atoms with Gasteiger partial charge in [-0.25, -0.2) is 9.67 Å². The van der Waals surface area contributed by atoms with Crippen molar-refractivity contribution in [2.45, 2.75) is 0 Å². The maximum absolute atomic E-state index is 12.6. The summed E-state index contributed by atoms with van der Waals surface area (Å²) in [5.74, 6) is 0.479. The highest BCUT2D eigenvalue weighted by atomic mass is 16.5. The molecule has 26 heavy (non-hydrogen) atoms. The number of hydrogen-bond acceptors (Lipinski definition) is 5. The molecule has 8 nitrogen and oxygen atoms in total. The lowest BCUT2D eigenvalue weighted by molar-refractivity contribution is -0.123. The Morgan fingerprint density at radius 1 is 1.15 bits per heavy atom. The molecular formula is C18H15N5O3. The Morgan fingerprint density at radius 3 is 2.88 bits per heavy atom. The highest BCUT2D eigenvalue weighted by Gasteiger charge is 2.27. The first-order valence-electron chi connectivity index (χ1n) is 7.99. The molecule has 1 aliphatic rings. The molecule has 130 valence electrons. The van der Waals surface area contributed by atoms with E-state index in [0.29, 0.717) is 22.9 Å². The van der Waals surface area contributed by atoms with Crippen molar-refractivity contribution >= 4 is 23.2 Å². The maximum Gasteiger partial charge on any atom is 0.265 e. The molecule has 0 radical (unpaired) electrons. The number of carbonyl (C=O) groups excluding carboxylic acids is 2. The lowest BCUT2D eigenvalue weighted by atomic mass is 10.2.